The van der Waals surface area contributed by atoms with Crippen molar-refractivity contribution in [2.45, 2.75) is 26.2 Å². The second-order valence-electron chi connectivity index (χ2n) is 6.53. The van der Waals surface area contributed by atoms with E-state index >= 15 is 0 Å². The summed E-state index contributed by atoms with van der Waals surface area (Å²) in [7, 11) is 0. The first-order valence-electron chi connectivity index (χ1n) is 7.76. The number of amides is 1. The van der Waals surface area contributed by atoms with Gasteiger partial charge in [-0.05, 0) is 34.7 Å². The van der Waals surface area contributed by atoms with Crippen LogP contribution in [0.15, 0.2) is 47.6 Å². The van der Waals surface area contributed by atoms with Crippen LogP contribution in [0.2, 0.25) is 10.0 Å². The highest BCUT2D eigenvalue weighted by Gasteiger charge is 2.12. The van der Waals surface area contributed by atoms with Crippen molar-refractivity contribution in [1.29, 1.82) is 0 Å². The smallest absolute Gasteiger partial charge is 0.277 e. The van der Waals surface area contributed by atoms with E-state index in [9.17, 15) is 4.79 Å². The average Bonchev–Trinajstić information content (AvgIpc) is 2.53. The van der Waals surface area contributed by atoms with Gasteiger partial charge < -0.3 is 4.74 Å². The molecule has 2 aromatic rings. The molecular weight excluding hydrogens is 359 g/mol. The Kier molecular flexibility index (Phi) is 6.45. The van der Waals surface area contributed by atoms with Gasteiger partial charge in [0.2, 0.25) is 0 Å². The molecule has 25 heavy (non-hydrogen) atoms. The summed E-state index contributed by atoms with van der Waals surface area (Å²) in [5, 5.41) is 4.78. The molecule has 4 nitrogen and oxygen atoms in total. The molecule has 0 aliphatic carbocycles. The van der Waals surface area contributed by atoms with Crippen LogP contribution in [-0.2, 0) is 10.2 Å². The lowest BCUT2D eigenvalue weighted by molar-refractivity contribution is -0.123. The third-order valence-electron chi connectivity index (χ3n) is 3.43. The Balaban J connectivity index is 1.84. The lowest BCUT2D eigenvalue weighted by atomic mass is 9.87. The highest BCUT2D eigenvalue weighted by Crippen LogP contribution is 2.27. The van der Waals surface area contributed by atoms with Gasteiger partial charge in [-0.25, -0.2) is 5.43 Å². The van der Waals surface area contributed by atoms with Crippen LogP contribution in [0.3, 0.4) is 0 Å². The number of benzene rings is 2. The maximum atomic E-state index is 11.8. The molecule has 0 aromatic heterocycles. The summed E-state index contributed by atoms with van der Waals surface area (Å²) in [5.41, 5.74) is 4.65. The topological polar surface area (TPSA) is 50.7 Å². The predicted molar refractivity (Wildman–Crippen MR) is 103 cm³/mol. The van der Waals surface area contributed by atoms with Gasteiger partial charge in [0.25, 0.3) is 5.91 Å². The second kappa shape index (κ2) is 8.37. The molecule has 2 aromatic carbocycles. The summed E-state index contributed by atoms with van der Waals surface area (Å²) in [6.45, 7) is 6.28. The third-order valence-corrected chi connectivity index (χ3v) is 3.96. The molecule has 0 unspecified atom stereocenters. The molecule has 0 aliphatic heterocycles. The van der Waals surface area contributed by atoms with E-state index in [4.69, 9.17) is 27.9 Å². The molecule has 132 valence electrons. The number of nitrogens with zero attached hydrogens (tertiary/aromatic N) is 1. The zero-order valence-corrected chi connectivity index (χ0v) is 15.9. The number of hydrazone groups is 1. The van der Waals surface area contributed by atoms with Gasteiger partial charge >= 0.3 is 0 Å². The van der Waals surface area contributed by atoms with Crippen molar-refractivity contribution in [3.63, 3.8) is 0 Å². The molecular formula is C19H20Cl2N2O2. The van der Waals surface area contributed by atoms with Crippen LogP contribution in [0, 0.1) is 0 Å². The molecule has 2 rings (SSSR count). The fourth-order valence-corrected chi connectivity index (χ4v) is 2.48. The Hall–Kier alpha value is -2.04. The summed E-state index contributed by atoms with van der Waals surface area (Å²) >= 11 is 11.8. The first-order valence-corrected chi connectivity index (χ1v) is 8.51. The van der Waals surface area contributed by atoms with Gasteiger partial charge in [0.05, 0.1) is 11.2 Å². The summed E-state index contributed by atoms with van der Waals surface area (Å²) in [6.07, 6.45) is 1.58. The first kappa shape index (κ1) is 19.3. The molecule has 0 atom stereocenters. The van der Waals surface area contributed by atoms with Gasteiger partial charge in [0, 0.05) is 5.02 Å². The molecule has 0 heterocycles. The maximum absolute atomic E-state index is 11.8. The SMILES string of the molecule is CC(C)(C)c1ccc(/C=N/NC(=O)COc2ccc(Cl)cc2Cl)cc1. The Morgan fingerprint density at radius 1 is 1.16 bits per heavy atom. The predicted octanol–water partition coefficient (Wildman–Crippen LogP) is 4.82. The van der Waals surface area contributed by atoms with E-state index in [0.717, 1.165) is 5.56 Å². The molecule has 1 amide bonds. The van der Waals surface area contributed by atoms with Crippen LogP contribution in [-0.4, -0.2) is 18.7 Å². The molecule has 0 saturated heterocycles. The van der Waals surface area contributed by atoms with Crippen LogP contribution < -0.4 is 10.2 Å². The lowest BCUT2D eigenvalue weighted by Gasteiger charge is -2.18. The first-order chi connectivity index (χ1) is 11.8. The number of carbonyl (C=O) groups is 1. The van der Waals surface area contributed by atoms with Crippen molar-refractivity contribution in [3.8, 4) is 5.75 Å². The minimum atomic E-state index is -0.381. The van der Waals surface area contributed by atoms with Crippen molar-refractivity contribution >= 4 is 35.3 Å². The molecule has 0 aliphatic rings. The quantitative estimate of drug-likeness (QED) is 0.598. The fraction of sp³-hybridized carbons (Fsp3) is 0.263. The van der Waals surface area contributed by atoms with Gasteiger partial charge in [-0.2, -0.15) is 5.10 Å². The highest BCUT2D eigenvalue weighted by molar-refractivity contribution is 6.35. The molecule has 0 radical (unpaired) electrons. The molecule has 0 bridgehead atoms. The number of rotatable bonds is 5. The largest absolute Gasteiger partial charge is 0.482 e. The maximum Gasteiger partial charge on any atom is 0.277 e. The van der Waals surface area contributed by atoms with E-state index in [1.807, 2.05) is 12.1 Å². The number of halogens is 2. The minimum Gasteiger partial charge on any atom is -0.482 e. The summed E-state index contributed by atoms with van der Waals surface area (Å²) in [4.78, 5) is 11.8. The second-order valence-corrected chi connectivity index (χ2v) is 7.37. The van der Waals surface area contributed by atoms with Gasteiger partial charge in [0.15, 0.2) is 6.61 Å². The van der Waals surface area contributed by atoms with E-state index in [-0.39, 0.29) is 17.9 Å². The Bertz CT molecular complexity index is 766. The lowest BCUT2D eigenvalue weighted by Crippen LogP contribution is -2.24. The zero-order chi connectivity index (χ0) is 18.4. The van der Waals surface area contributed by atoms with Crippen molar-refractivity contribution in [1.82, 2.24) is 5.43 Å². The molecule has 0 fully saturated rings. The number of hydrogen-bond donors (Lipinski definition) is 1. The summed E-state index contributed by atoms with van der Waals surface area (Å²) in [6, 6.07) is 12.8. The third kappa shape index (κ3) is 6.07. The van der Waals surface area contributed by atoms with E-state index in [2.05, 4.69) is 43.4 Å². The van der Waals surface area contributed by atoms with E-state index < -0.39 is 0 Å². The van der Waals surface area contributed by atoms with Crippen LogP contribution in [0.5, 0.6) is 5.75 Å². The average molecular weight is 379 g/mol. The molecule has 0 saturated carbocycles. The van der Waals surface area contributed by atoms with E-state index in [1.165, 1.54) is 5.56 Å². The number of nitrogens with one attached hydrogen (secondary N) is 1. The van der Waals surface area contributed by atoms with Crippen molar-refractivity contribution in [2.75, 3.05) is 6.61 Å². The number of hydrogen-bond acceptors (Lipinski definition) is 3. The van der Waals surface area contributed by atoms with Gasteiger partial charge in [-0.3, -0.25) is 4.79 Å². The Morgan fingerprint density at radius 2 is 1.84 bits per heavy atom. The van der Waals surface area contributed by atoms with Crippen molar-refractivity contribution < 1.29 is 9.53 Å². The normalized spacial score (nSPS) is 11.6. The molecule has 0 spiro atoms. The van der Waals surface area contributed by atoms with Crippen LogP contribution in [0.4, 0.5) is 0 Å². The highest BCUT2D eigenvalue weighted by atomic mass is 35.5. The summed E-state index contributed by atoms with van der Waals surface area (Å²) in [5.74, 6) is 0.0107. The van der Waals surface area contributed by atoms with Gasteiger partial charge in [-0.15, -0.1) is 0 Å². The van der Waals surface area contributed by atoms with Crippen molar-refractivity contribution in [3.05, 3.63) is 63.6 Å². The van der Waals surface area contributed by atoms with Crippen molar-refractivity contribution in [2.24, 2.45) is 5.10 Å². The van der Waals surface area contributed by atoms with Crippen LogP contribution in [0.1, 0.15) is 31.9 Å². The Morgan fingerprint density at radius 3 is 2.44 bits per heavy atom. The summed E-state index contributed by atoms with van der Waals surface area (Å²) < 4.78 is 5.33. The molecule has 1 N–H and O–H groups in total. The minimum absolute atomic E-state index is 0.101. The monoisotopic (exact) mass is 378 g/mol. The number of ether oxygens (including phenoxy) is 1. The standard InChI is InChI=1S/C19H20Cl2N2O2/c1-19(2,3)14-6-4-13(5-7-14)11-22-23-18(24)12-25-17-9-8-15(20)10-16(17)21/h4-11H,12H2,1-3H3,(H,23,24)/b22-11+. The van der Waals surface area contributed by atoms with E-state index in [0.29, 0.717) is 15.8 Å². The fourth-order valence-electron chi connectivity index (χ4n) is 2.02. The van der Waals surface area contributed by atoms with Crippen LogP contribution in [0.25, 0.3) is 0 Å². The zero-order valence-electron chi connectivity index (χ0n) is 14.3. The van der Waals surface area contributed by atoms with Gasteiger partial charge in [-0.1, -0.05) is 68.2 Å². The Labute approximate surface area is 157 Å². The van der Waals surface area contributed by atoms with E-state index in [1.54, 1.807) is 24.4 Å². The molecule has 6 heteroatoms. The number of carbonyl (C=O) groups excluding carboxylic acids is 1. The van der Waals surface area contributed by atoms with Gasteiger partial charge in [0.1, 0.15) is 5.75 Å². The van der Waals surface area contributed by atoms with Crippen LogP contribution >= 0.6 is 23.2 Å².